The van der Waals surface area contributed by atoms with Crippen molar-refractivity contribution in [3.8, 4) is 0 Å². The van der Waals surface area contributed by atoms with Crippen LogP contribution in [0.15, 0.2) is 24.8 Å². The molecule has 0 bridgehead atoms. The van der Waals surface area contributed by atoms with Crippen molar-refractivity contribution in [1.82, 2.24) is 14.5 Å². The van der Waals surface area contributed by atoms with E-state index >= 15 is 0 Å². The topological polar surface area (TPSA) is 30.7 Å². The first-order valence-electron chi connectivity index (χ1n) is 4.05. The SMILES string of the molecule is CC(C)n1cnc2ccncc21. The van der Waals surface area contributed by atoms with E-state index in [-0.39, 0.29) is 0 Å². The van der Waals surface area contributed by atoms with E-state index < -0.39 is 0 Å². The number of imidazole rings is 1. The normalized spacial score (nSPS) is 11.2. The van der Waals surface area contributed by atoms with Gasteiger partial charge < -0.3 is 4.57 Å². The number of rotatable bonds is 1. The zero-order chi connectivity index (χ0) is 8.55. The minimum absolute atomic E-state index is 0.444. The summed E-state index contributed by atoms with van der Waals surface area (Å²) < 4.78 is 2.11. The summed E-state index contributed by atoms with van der Waals surface area (Å²) in [6.07, 6.45) is 5.47. The molecule has 0 radical (unpaired) electrons. The van der Waals surface area contributed by atoms with Crippen LogP contribution < -0.4 is 0 Å². The van der Waals surface area contributed by atoms with E-state index in [1.807, 2.05) is 18.6 Å². The number of nitrogens with zero attached hydrogens (tertiary/aromatic N) is 3. The Balaban J connectivity index is 2.70. The molecule has 2 aromatic heterocycles. The van der Waals surface area contributed by atoms with Gasteiger partial charge in [-0.2, -0.15) is 0 Å². The van der Waals surface area contributed by atoms with Gasteiger partial charge in [-0.25, -0.2) is 4.98 Å². The molecule has 0 aromatic carbocycles. The van der Waals surface area contributed by atoms with Gasteiger partial charge >= 0.3 is 0 Å². The first-order chi connectivity index (χ1) is 5.79. The Kier molecular flexibility index (Phi) is 1.57. The fraction of sp³-hybridized carbons (Fsp3) is 0.333. The Labute approximate surface area is 71.1 Å². The fourth-order valence-corrected chi connectivity index (χ4v) is 1.28. The summed E-state index contributed by atoms with van der Waals surface area (Å²) in [4.78, 5) is 8.33. The molecule has 0 saturated carbocycles. The summed E-state index contributed by atoms with van der Waals surface area (Å²) in [5.41, 5.74) is 2.12. The Morgan fingerprint density at radius 2 is 2.25 bits per heavy atom. The average Bonchev–Trinajstić information content (AvgIpc) is 2.47. The van der Waals surface area contributed by atoms with E-state index in [4.69, 9.17) is 0 Å². The lowest BCUT2D eigenvalue weighted by Gasteiger charge is -2.06. The van der Waals surface area contributed by atoms with Gasteiger partial charge in [0, 0.05) is 12.2 Å². The van der Waals surface area contributed by atoms with Crippen LogP contribution in [-0.2, 0) is 0 Å². The van der Waals surface area contributed by atoms with Gasteiger partial charge in [-0.3, -0.25) is 4.98 Å². The lowest BCUT2D eigenvalue weighted by Crippen LogP contribution is -1.97. The van der Waals surface area contributed by atoms with Crippen LogP contribution in [0.4, 0.5) is 0 Å². The van der Waals surface area contributed by atoms with Crippen LogP contribution in [0.1, 0.15) is 19.9 Å². The highest BCUT2D eigenvalue weighted by atomic mass is 15.1. The predicted molar refractivity (Wildman–Crippen MR) is 47.9 cm³/mol. The van der Waals surface area contributed by atoms with Crippen molar-refractivity contribution >= 4 is 11.0 Å². The van der Waals surface area contributed by atoms with Crippen LogP contribution in [0.5, 0.6) is 0 Å². The summed E-state index contributed by atoms with van der Waals surface area (Å²) >= 11 is 0. The molecule has 62 valence electrons. The second-order valence-electron chi connectivity index (χ2n) is 3.11. The molecule has 3 heteroatoms. The lowest BCUT2D eigenvalue weighted by atomic mass is 10.3. The van der Waals surface area contributed by atoms with Crippen LogP contribution in [0, 0.1) is 0 Å². The second-order valence-corrected chi connectivity index (χ2v) is 3.11. The van der Waals surface area contributed by atoms with Gasteiger partial charge in [0.15, 0.2) is 0 Å². The van der Waals surface area contributed by atoms with Crippen LogP contribution >= 0.6 is 0 Å². The second kappa shape index (κ2) is 2.59. The van der Waals surface area contributed by atoms with Gasteiger partial charge in [-0.1, -0.05) is 0 Å². The Hall–Kier alpha value is -1.38. The molecule has 0 unspecified atom stereocenters. The first-order valence-corrected chi connectivity index (χ1v) is 4.05. The van der Waals surface area contributed by atoms with E-state index in [0.717, 1.165) is 11.0 Å². The molecule has 0 spiro atoms. The molecule has 0 aliphatic heterocycles. The molecule has 0 fully saturated rings. The van der Waals surface area contributed by atoms with E-state index in [2.05, 4.69) is 28.4 Å². The molecule has 0 aliphatic carbocycles. The summed E-state index contributed by atoms with van der Waals surface area (Å²) in [5.74, 6) is 0. The summed E-state index contributed by atoms with van der Waals surface area (Å²) in [7, 11) is 0. The summed E-state index contributed by atoms with van der Waals surface area (Å²) in [5, 5.41) is 0. The minimum atomic E-state index is 0.444. The van der Waals surface area contributed by atoms with Gasteiger partial charge in [0.2, 0.25) is 0 Å². The maximum Gasteiger partial charge on any atom is 0.0961 e. The van der Waals surface area contributed by atoms with Crippen molar-refractivity contribution < 1.29 is 0 Å². The van der Waals surface area contributed by atoms with E-state index in [1.165, 1.54) is 0 Å². The number of hydrogen-bond acceptors (Lipinski definition) is 2. The smallest absolute Gasteiger partial charge is 0.0961 e. The fourth-order valence-electron chi connectivity index (χ4n) is 1.28. The molecule has 0 aliphatic rings. The number of pyridine rings is 1. The van der Waals surface area contributed by atoms with Crippen molar-refractivity contribution in [1.29, 1.82) is 0 Å². The standard InChI is InChI=1S/C9H11N3/c1-7(2)12-6-11-8-3-4-10-5-9(8)12/h3-7H,1-2H3. The molecule has 0 atom stereocenters. The van der Waals surface area contributed by atoms with Gasteiger partial charge in [-0.05, 0) is 19.9 Å². The molecular formula is C9H11N3. The average molecular weight is 161 g/mol. The van der Waals surface area contributed by atoms with Gasteiger partial charge in [0.05, 0.1) is 23.6 Å². The molecule has 12 heavy (non-hydrogen) atoms. The zero-order valence-corrected chi connectivity index (χ0v) is 7.23. The van der Waals surface area contributed by atoms with Crippen molar-refractivity contribution in [3.63, 3.8) is 0 Å². The molecule has 2 heterocycles. The van der Waals surface area contributed by atoms with E-state index in [9.17, 15) is 0 Å². The van der Waals surface area contributed by atoms with Crippen LogP contribution in [0.3, 0.4) is 0 Å². The van der Waals surface area contributed by atoms with E-state index in [1.54, 1.807) is 6.20 Å². The van der Waals surface area contributed by atoms with Crippen molar-refractivity contribution in [3.05, 3.63) is 24.8 Å². The first kappa shape index (κ1) is 7.28. The third-order valence-corrected chi connectivity index (χ3v) is 1.93. The third-order valence-electron chi connectivity index (χ3n) is 1.93. The molecule has 2 rings (SSSR count). The summed E-state index contributed by atoms with van der Waals surface area (Å²) in [6.45, 7) is 4.27. The van der Waals surface area contributed by atoms with Crippen molar-refractivity contribution in [2.45, 2.75) is 19.9 Å². The number of hydrogen-bond donors (Lipinski definition) is 0. The molecule has 0 amide bonds. The third kappa shape index (κ3) is 0.978. The molecule has 0 N–H and O–H groups in total. The monoisotopic (exact) mass is 161 g/mol. The molecule has 2 aromatic rings. The van der Waals surface area contributed by atoms with Gasteiger partial charge in [0.25, 0.3) is 0 Å². The lowest BCUT2D eigenvalue weighted by molar-refractivity contribution is 0.617. The molecule has 0 saturated heterocycles. The van der Waals surface area contributed by atoms with Crippen LogP contribution in [0.25, 0.3) is 11.0 Å². The van der Waals surface area contributed by atoms with E-state index in [0.29, 0.717) is 6.04 Å². The zero-order valence-electron chi connectivity index (χ0n) is 7.23. The predicted octanol–water partition coefficient (Wildman–Crippen LogP) is 2.01. The highest BCUT2D eigenvalue weighted by Gasteiger charge is 2.03. The van der Waals surface area contributed by atoms with Gasteiger partial charge in [-0.15, -0.1) is 0 Å². The quantitative estimate of drug-likeness (QED) is 0.640. The molecular weight excluding hydrogens is 150 g/mol. The van der Waals surface area contributed by atoms with Crippen LogP contribution in [0.2, 0.25) is 0 Å². The Morgan fingerprint density at radius 3 is 3.00 bits per heavy atom. The maximum absolute atomic E-state index is 4.26. The highest BCUT2D eigenvalue weighted by Crippen LogP contribution is 2.14. The minimum Gasteiger partial charge on any atom is -0.327 e. The number of fused-ring (bicyclic) bond motifs is 1. The highest BCUT2D eigenvalue weighted by molar-refractivity contribution is 5.73. The van der Waals surface area contributed by atoms with Gasteiger partial charge in [0.1, 0.15) is 0 Å². The Bertz CT molecular complexity index is 389. The van der Waals surface area contributed by atoms with Crippen molar-refractivity contribution in [2.24, 2.45) is 0 Å². The van der Waals surface area contributed by atoms with Crippen LogP contribution in [-0.4, -0.2) is 14.5 Å². The molecule has 3 nitrogen and oxygen atoms in total. The number of aromatic nitrogens is 3. The Morgan fingerprint density at radius 1 is 1.42 bits per heavy atom. The summed E-state index contributed by atoms with van der Waals surface area (Å²) in [6, 6.07) is 2.37. The van der Waals surface area contributed by atoms with Crippen molar-refractivity contribution in [2.75, 3.05) is 0 Å². The largest absolute Gasteiger partial charge is 0.327 e. The maximum atomic E-state index is 4.26.